The van der Waals surface area contributed by atoms with Gasteiger partial charge >= 0.3 is 0 Å². The Balaban J connectivity index is 1.67. The van der Waals surface area contributed by atoms with Crippen molar-refractivity contribution in [1.29, 1.82) is 0 Å². The van der Waals surface area contributed by atoms with Crippen molar-refractivity contribution in [3.05, 3.63) is 18.2 Å². The van der Waals surface area contributed by atoms with E-state index in [1.54, 1.807) is 18.2 Å². The minimum atomic E-state index is 0.0597. The molecule has 0 aromatic heterocycles. The summed E-state index contributed by atoms with van der Waals surface area (Å²) >= 11 is 0. The molecule has 2 atom stereocenters. The molecule has 0 bridgehead atoms. The maximum atomic E-state index is 9.72. The lowest BCUT2D eigenvalue weighted by Crippen LogP contribution is -2.17. The van der Waals surface area contributed by atoms with Crippen LogP contribution >= 0.6 is 0 Å². The second-order valence-corrected chi connectivity index (χ2v) is 4.87. The molecular weight excluding hydrogens is 248 g/mol. The van der Waals surface area contributed by atoms with Crippen LogP contribution in [0.5, 0.6) is 17.2 Å². The van der Waals surface area contributed by atoms with Gasteiger partial charge in [0.25, 0.3) is 0 Å². The zero-order valence-electron chi connectivity index (χ0n) is 10.7. The molecule has 1 aromatic carbocycles. The molecule has 2 fully saturated rings. The Kier molecular flexibility index (Phi) is 3.75. The summed E-state index contributed by atoms with van der Waals surface area (Å²) in [7, 11) is 0. The molecule has 1 aromatic rings. The van der Waals surface area contributed by atoms with E-state index >= 15 is 0 Å². The van der Waals surface area contributed by atoms with Crippen LogP contribution in [0.3, 0.4) is 0 Å². The molecule has 1 N–H and O–H groups in total. The Morgan fingerprint density at radius 1 is 0.895 bits per heavy atom. The first-order chi connectivity index (χ1) is 9.29. The summed E-state index contributed by atoms with van der Waals surface area (Å²) in [5, 5.41) is 9.72. The molecule has 104 valence electrons. The minimum Gasteiger partial charge on any atom is -0.508 e. The van der Waals surface area contributed by atoms with E-state index in [1.807, 2.05) is 0 Å². The van der Waals surface area contributed by atoms with Crippen molar-refractivity contribution in [3.63, 3.8) is 0 Å². The normalized spacial score (nSPS) is 26.5. The second kappa shape index (κ2) is 5.67. The second-order valence-electron chi connectivity index (χ2n) is 4.87. The summed E-state index contributed by atoms with van der Waals surface area (Å²) in [6.45, 7) is 2.66. The van der Waals surface area contributed by atoms with Crippen LogP contribution in [0.15, 0.2) is 18.2 Å². The molecule has 2 unspecified atom stereocenters. The fourth-order valence-corrected chi connectivity index (χ4v) is 2.29. The monoisotopic (exact) mass is 266 g/mol. The highest BCUT2D eigenvalue weighted by molar-refractivity contribution is 5.41. The standard InChI is InChI=1S/C14H18O5/c15-10-5-13(18-11-1-3-16-8-11)7-14(6-10)19-12-2-4-17-9-12/h5-7,11-12,15H,1-4,8-9H2. The van der Waals surface area contributed by atoms with Gasteiger partial charge in [0, 0.05) is 31.0 Å². The predicted molar refractivity (Wildman–Crippen MR) is 67.8 cm³/mol. The molecule has 5 nitrogen and oxygen atoms in total. The van der Waals surface area contributed by atoms with Gasteiger partial charge in [0.2, 0.25) is 0 Å². The van der Waals surface area contributed by atoms with Crippen LogP contribution in [0, 0.1) is 0 Å². The Labute approximate surface area is 112 Å². The first-order valence-corrected chi connectivity index (χ1v) is 6.62. The molecule has 0 amide bonds. The quantitative estimate of drug-likeness (QED) is 0.899. The van der Waals surface area contributed by atoms with Crippen LogP contribution in [0.25, 0.3) is 0 Å². The first kappa shape index (κ1) is 12.6. The highest BCUT2D eigenvalue weighted by atomic mass is 16.6. The zero-order chi connectivity index (χ0) is 13.1. The highest BCUT2D eigenvalue weighted by Gasteiger charge is 2.20. The van der Waals surface area contributed by atoms with E-state index in [0.29, 0.717) is 24.7 Å². The van der Waals surface area contributed by atoms with Gasteiger partial charge in [-0.1, -0.05) is 0 Å². The maximum absolute atomic E-state index is 9.72. The van der Waals surface area contributed by atoms with E-state index in [9.17, 15) is 5.11 Å². The third kappa shape index (κ3) is 3.30. The van der Waals surface area contributed by atoms with Gasteiger partial charge in [-0.25, -0.2) is 0 Å². The molecule has 19 heavy (non-hydrogen) atoms. The van der Waals surface area contributed by atoms with Crippen molar-refractivity contribution in [1.82, 2.24) is 0 Å². The van der Waals surface area contributed by atoms with Gasteiger partial charge in [-0.15, -0.1) is 0 Å². The van der Waals surface area contributed by atoms with Gasteiger partial charge in [0.05, 0.1) is 26.4 Å². The lowest BCUT2D eigenvalue weighted by molar-refractivity contribution is 0.136. The van der Waals surface area contributed by atoms with E-state index in [2.05, 4.69) is 0 Å². The van der Waals surface area contributed by atoms with Crippen LogP contribution in [-0.2, 0) is 9.47 Å². The molecule has 2 saturated heterocycles. The zero-order valence-corrected chi connectivity index (χ0v) is 10.7. The number of hydrogen-bond acceptors (Lipinski definition) is 5. The van der Waals surface area contributed by atoms with Gasteiger partial charge < -0.3 is 24.1 Å². The molecule has 3 rings (SSSR count). The largest absolute Gasteiger partial charge is 0.508 e. The number of phenolic OH excluding ortho intramolecular Hbond substituents is 1. The molecule has 0 spiro atoms. The number of aromatic hydroxyl groups is 1. The van der Waals surface area contributed by atoms with Crippen LogP contribution in [0.2, 0.25) is 0 Å². The van der Waals surface area contributed by atoms with Gasteiger partial charge in [0.15, 0.2) is 0 Å². The lowest BCUT2D eigenvalue weighted by atomic mass is 10.2. The molecular formula is C14H18O5. The first-order valence-electron chi connectivity index (χ1n) is 6.62. The van der Waals surface area contributed by atoms with E-state index in [0.717, 1.165) is 26.1 Å². The smallest absolute Gasteiger partial charge is 0.127 e. The molecule has 0 aliphatic carbocycles. The number of phenols is 1. The van der Waals surface area contributed by atoms with Crippen LogP contribution in [0.1, 0.15) is 12.8 Å². The summed E-state index contributed by atoms with van der Waals surface area (Å²) in [4.78, 5) is 0. The average Bonchev–Trinajstić information content (AvgIpc) is 3.01. The molecule has 2 heterocycles. The lowest BCUT2D eigenvalue weighted by Gasteiger charge is -2.16. The highest BCUT2D eigenvalue weighted by Crippen LogP contribution is 2.30. The van der Waals surface area contributed by atoms with Gasteiger partial charge in [-0.3, -0.25) is 0 Å². The Hall–Kier alpha value is -1.46. The average molecular weight is 266 g/mol. The third-order valence-electron chi connectivity index (χ3n) is 3.25. The maximum Gasteiger partial charge on any atom is 0.127 e. The fourth-order valence-electron chi connectivity index (χ4n) is 2.29. The topological polar surface area (TPSA) is 57.2 Å². The Bertz CT molecular complexity index is 386. The minimum absolute atomic E-state index is 0.0597. The van der Waals surface area contributed by atoms with Gasteiger partial charge in [-0.2, -0.15) is 0 Å². The van der Waals surface area contributed by atoms with Crippen LogP contribution < -0.4 is 9.47 Å². The molecule has 2 aliphatic heterocycles. The summed E-state index contributed by atoms with van der Waals surface area (Å²) in [6.07, 6.45) is 1.87. The van der Waals surface area contributed by atoms with Crippen LogP contribution in [-0.4, -0.2) is 43.7 Å². The third-order valence-corrected chi connectivity index (χ3v) is 3.25. The van der Waals surface area contributed by atoms with Crippen molar-refractivity contribution >= 4 is 0 Å². The van der Waals surface area contributed by atoms with E-state index in [-0.39, 0.29) is 18.0 Å². The number of ether oxygens (including phenoxy) is 4. The van der Waals surface area contributed by atoms with E-state index in [1.165, 1.54) is 0 Å². The molecule has 2 aliphatic rings. The van der Waals surface area contributed by atoms with Crippen molar-refractivity contribution in [2.24, 2.45) is 0 Å². The van der Waals surface area contributed by atoms with Gasteiger partial charge in [0.1, 0.15) is 29.5 Å². The summed E-state index contributed by atoms with van der Waals surface area (Å²) in [6, 6.07) is 4.99. The molecule has 0 saturated carbocycles. The van der Waals surface area contributed by atoms with Crippen molar-refractivity contribution in [2.75, 3.05) is 26.4 Å². The summed E-state index contributed by atoms with van der Waals surface area (Å²) < 4.78 is 22.1. The number of benzene rings is 1. The predicted octanol–water partition coefficient (Wildman–Crippen LogP) is 1.73. The summed E-state index contributed by atoms with van der Waals surface area (Å²) in [5.74, 6) is 1.37. The van der Waals surface area contributed by atoms with Crippen molar-refractivity contribution in [3.8, 4) is 17.2 Å². The summed E-state index contributed by atoms with van der Waals surface area (Å²) in [5.41, 5.74) is 0. The fraction of sp³-hybridized carbons (Fsp3) is 0.571. The van der Waals surface area contributed by atoms with Crippen molar-refractivity contribution < 1.29 is 24.1 Å². The Morgan fingerprint density at radius 3 is 1.84 bits per heavy atom. The van der Waals surface area contributed by atoms with Crippen LogP contribution in [0.4, 0.5) is 0 Å². The van der Waals surface area contributed by atoms with E-state index in [4.69, 9.17) is 18.9 Å². The number of rotatable bonds is 4. The molecule has 0 radical (unpaired) electrons. The Morgan fingerprint density at radius 2 is 1.42 bits per heavy atom. The molecule has 5 heteroatoms. The van der Waals surface area contributed by atoms with Crippen molar-refractivity contribution in [2.45, 2.75) is 25.0 Å². The number of hydrogen-bond donors (Lipinski definition) is 1. The van der Waals surface area contributed by atoms with Gasteiger partial charge in [-0.05, 0) is 0 Å². The SMILES string of the molecule is Oc1cc(OC2CCOC2)cc(OC2CCOC2)c1. The van der Waals surface area contributed by atoms with E-state index < -0.39 is 0 Å².